The number of amides is 1. The first-order chi connectivity index (χ1) is 11.9. The first kappa shape index (κ1) is 17.1. The molecule has 1 N–H and O–H groups in total. The summed E-state index contributed by atoms with van der Waals surface area (Å²) in [6.45, 7) is 1.75. The fraction of sp³-hybridized carbons (Fsp3) is 0.118. The zero-order valence-corrected chi connectivity index (χ0v) is 13.8. The fourth-order valence-electron chi connectivity index (χ4n) is 2.28. The smallest absolute Gasteiger partial charge is 0.298 e. The van der Waals surface area contributed by atoms with Gasteiger partial charge in [0.1, 0.15) is 0 Å². The number of nitrogens with zero attached hydrogens (tertiary/aromatic N) is 2. The van der Waals surface area contributed by atoms with E-state index < -0.39 is 23.2 Å². The molecule has 0 aliphatic heterocycles. The summed E-state index contributed by atoms with van der Waals surface area (Å²) in [7, 11) is 0. The van der Waals surface area contributed by atoms with E-state index in [2.05, 4.69) is 15.3 Å². The van der Waals surface area contributed by atoms with Gasteiger partial charge in [-0.1, -0.05) is 29.5 Å². The third kappa shape index (κ3) is 3.69. The summed E-state index contributed by atoms with van der Waals surface area (Å²) < 4.78 is 39.1. The van der Waals surface area contributed by atoms with Crippen LogP contribution >= 0.6 is 11.3 Å². The molecule has 0 unspecified atom stereocenters. The highest BCUT2D eigenvalue weighted by molar-refractivity contribution is 7.19. The van der Waals surface area contributed by atoms with E-state index in [0.717, 1.165) is 28.3 Å². The van der Waals surface area contributed by atoms with Crippen molar-refractivity contribution in [3.63, 3.8) is 0 Å². The Balaban J connectivity index is 1.88. The maximum Gasteiger partial charge on any atom is 0.417 e. The van der Waals surface area contributed by atoms with Gasteiger partial charge in [-0.2, -0.15) is 13.2 Å². The fourth-order valence-corrected chi connectivity index (χ4v) is 3.22. The molecule has 0 fully saturated rings. The van der Waals surface area contributed by atoms with Crippen LogP contribution in [0.1, 0.15) is 21.6 Å². The molecule has 0 bridgehead atoms. The van der Waals surface area contributed by atoms with Crippen LogP contribution in [-0.4, -0.2) is 15.9 Å². The lowest BCUT2D eigenvalue weighted by Gasteiger charge is -2.11. The van der Waals surface area contributed by atoms with Gasteiger partial charge >= 0.3 is 6.18 Å². The molecular weight excluding hydrogens is 351 g/mol. The largest absolute Gasteiger partial charge is 0.417 e. The van der Waals surface area contributed by atoms with Crippen molar-refractivity contribution in [1.29, 1.82) is 0 Å². The molecule has 4 nitrogen and oxygen atoms in total. The average molecular weight is 363 g/mol. The second-order valence-electron chi connectivity index (χ2n) is 5.15. The number of pyridine rings is 1. The molecule has 2 aromatic heterocycles. The van der Waals surface area contributed by atoms with Crippen LogP contribution in [0.2, 0.25) is 0 Å². The van der Waals surface area contributed by atoms with Crippen molar-refractivity contribution in [1.82, 2.24) is 9.97 Å². The van der Waals surface area contributed by atoms with Gasteiger partial charge < -0.3 is 0 Å². The number of aromatic nitrogens is 2. The van der Waals surface area contributed by atoms with E-state index in [1.165, 1.54) is 12.1 Å². The van der Waals surface area contributed by atoms with Crippen LogP contribution in [0.3, 0.4) is 0 Å². The monoisotopic (exact) mass is 363 g/mol. The van der Waals surface area contributed by atoms with E-state index in [1.807, 2.05) is 6.07 Å². The third-order valence-corrected chi connectivity index (χ3v) is 4.49. The lowest BCUT2D eigenvalue weighted by molar-refractivity contribution is -0.137. The highest BCUT2D eigenvalue weighted by Gasteiger charge is 2.35. The highest BCUT2D eigenvalue weighted by Crippen LogP contribution is 2.34. The molecule has 8 heteroatoms. The third-order valence-electron chi connectivity index (χ3n) is 3.39. The number of hydrogen-bond donors (Lipinski definition) is 1. The Morgan fingerprint density at radius 3 is 2.52 bits per heavy atom. The van der Waals surface area contributed by atoms with Gasteiger partial charge in [0.05, 0.1) is 27.4 Å². The standard InChI is InChI=1S/C17H12F3N3OS/c1-10-14(13-8-4-5-9-21-13)25-16(22-10)23-15(24)11-6-2-3-7-12(11)17(18,19)20/h2-9H,1H3,(H,22,23,24). The van der Waals surface area contributed by atoms with Gasteiger partial charge in [0.2, 0.25) is 0 Å². The van der Waals surface area contributed by atoms with Crippen LogP contribution in [0.4, 0.5) is 18.3 Å². The minimum Gasteiger partial charge on any atom is -0.298 e. The summed E-state index contributed by atoms with van der Waals surface area (Å²) >= 11 is 1.16. The zero-order chi connectivity index (χ0) is 18.0. The van der Waals surface area contributed by atoms with Crippen LogP contribution in [0.5, 0.6) is 0 Å². The quantitative estimate of drug-likeness (QED) is 0.728. The molecule has 0 aliphatic rings. The number of carbonyl (C=O) groups is 1. The molecule has 3 rings (SSSR count). The normalized spacial score (nSPS) is 11.4. The molecule has 128 valence electrons. The van der Waals surface area contributed by atoms with Crippen molar-refractivity contribution in [2.45, 2.75) is 13.1 Å². The molecule has 1 aromatic carbocycles. The van der Waals surface area contributed by atoms with Crippen molar-refractivity contribution in [2.24, 2.45) is 0 Å². The molecule has 0 spiro atoms. The molecular formula is C17H12F3N3OS. The molecule has 2 heterocycles. The first-order valence-corrected chi connectivity index (χ1v) is 8.04. The minimum absolute atomic E-state index is 0.222. The molecule has 25 heavy (non-hydrogen) atoms. The van der Waals surface area contributed by atoms with Crippen LogP contribution < -0.4 is 5.32 Å². The van der Waals surface area contributed by atoms with Crippen molar-refractivity contribution >= 4 is 22.4 Å². The van der Waals surface area contributed by atoms with E-state index in [9.17, 15) is 18.0 Å². The maximum atomic E-state index is 13.0. The number of rotatable bonds is 3. The molecule has 0 saturated carbocycles. The van der Waals surface area contributed by atoms with E-state index in [0.29, 0.717) is 11.4 Å². The zero-order valence-electron chi connectivity index (χ0n) is 13.0. The lowest BCUT2D eigenvalue weighted by atomic mass is 10.1. The Labute approximate surface area is 145 Å². The van der Waals surface area contributed by atoms with Gasteiger partial charge in [-0.15, -0.1) is 0 Å². The number of hydrogen-bond acceptors (Lipinski definition) is 4. The van der Waals surface area contributed by atoms with Gasteiger partial charge in [-0.05, 0) is 31.2 Å². The second kappa shape index (κ2) is 6.64. The number of aryl methyl sites for hydroxylation is 1. The van der Waals surface area contributed by atoms with Gasteiger partial charge in [0, 0.05) is 6.20 Å². The predicted molar refractivity (Wildman–Crippen MR) is 89.5 cm³/mol. The summed E-state index contributed by atoms with van der Waals surface area (Å²) in [4.78, 5) is 21.5. The van der Waals surface area contributed by atoms with Crippen LogP contribution in [0.15, 0.2) is 48.7 Å². The van der Waals surface area contributed by atoms with Gasteiger partial charge in [-0.3, -0.25) is 15.1 Å². The van der Waals surface area contributed by atoms with Crippen molar-refractivity contribution in [3.8, 4) is 10.6 Å². The Morgan fingerprint density at radius 1 is 1.12 bits per heavy atom. The lowest BCUT2D eigenvalue weighted by Crippen LogP contribution is -2.18. The first-order valence-electron chi connectivity index (χ1n) is 7.22. The SMILES string of the molecule is Cc1nc(NC(=O)c2ccccc2C(F)(F)F)sc1-c1ccccn1. The second-order valence-corrected chi connectivity index (χ2v) is 6.15. The summed E-state index contributed by atoms with van der Waals surface area (Å²) in [5, 5.41) is 2.66. The number of halogens is 3. The summed E-state index contributed by atoms with van der Waals surface area (Å²) in [6.07, 6.45) is -2.97. The van der Waals surface area contributed by atoms with Crippen LogP contribution in [-0.2, 0) is 6.18 Å². The number of thiazole rings is 1. The van der Waals surface area contributed by atoms with E-state index >= 15 is 0 Å². The molecule has 1 amide bonds. The van der Waals surface area contributed by atoms with Crippen molar-refractivity contribution < 1.29 is 18.0 Å². The number of carbonyl (C=O) groups excluding carboxylic acids is 1. The van der Waals surface area contributed by atoms with Gasteiger partial charge in [0.15, 0.2) is 5.13 Å². The van der Waals surface area contributed by atoms with Crippen molar-refractivity contribution in [3.05, 3.63) is 65.5 Å². The Morgan fingerprint density at radius 2 is 1.84 bits per heavy atom. The number of nitrogens with one attached hydrogen (secondary N) is 1. The van der Waals surface area contributed by atoms with Gasteiger partial charge in [-0.25, -0.2) is 4.98 Å². The van der Waals surface area contributed by atoms with E-state index in [-0.39, 0.29) is 5.13 Å². The molecule has 0 atom stereocenters. The van der Waals surface area contributed by atoms with E-state index in [4.69, 9.17) is 0 Å². The molecule has 0 aliphatic carbocycles. The van der Waals surface area contributed by atoms with Crippen LogP contribution in [0.25, 0.3) is 10.6 Å². The Bertz CT molecular complexity index is 907. The average Bonchev–Trinajstić information content (AvgIpc) is 2.95. The number of alkyl halides is 3. The summed E-state index contributed by atoms with van der Waals surface area (Å²) in [6, 6.07) is 10.0. The van der Waals surface area contributed by atoms with E-state index in [1.54, 1.807) is 25.3 Å². The molecule has 3 aromatic rings. The molecule has 0 saturated heterocycles. The van der Waals surface area contributed by atoms with Crippen LogP contribution in [0, 0.1) is 6.92 Å². The number of anilines is 1. The van der Waals surface area contributed by atoms with Crippen molar-refractivity contribution in [2.75, 3.05) is 5.32 Å². The Kier molecular flexibility index (Phi) is 4.54. The highest BCUT2D eigenvalue weighted by atomic mass is 32.1. The topological polar surface area (TPSA) is 54.9 Å². The van der Waals surface area contributed by atoms with Gasteiger partial charge in [0.25, 0.3) is 5.91 Å². The maximum absolute atomic E-state index is 13.0. The number of benzene rings is 1. The minimum atomic E-state index is -4.61. The Hall–Kier alpha value is -2.74. The summed E-state index contributed by atoms with van der Waals surface area (Å²) in [5.41, 5.74) is -0.0928. The summed E-state index contributed by atoms with van der Waals surface area (Å²) in [5.74, 6) is -0.853. The molecule has 0 radical (unpaired) electrons. The predicted octanol–water partition coefficient (Wildman–Crippen LogP) is 4.78.